The van der Waals surface area contributed by atoms with E-state index in [0.29, 0.717) is 12.1 Å². The second-order valence-electron chi connectivity index (χ2n) is 6.47. The van der Waals surface area contributed by atoms with Crippen molar-refractivity contribution >= 4 is 0 Å². The van der Waals surface area contributed by atoms with Gasteiger partial charge in [0.25, 0.3) is 0 Å². The zero-order valence-electron chi connectivity index (χ0n) is 13.4. The van der Waals surface area contributed by atoms with Crippen LogP contribution in [0.3, 0.4) is 0 Å². The molecule has 21 heavy (non-hydrogen) atoms. The van der Waals surface area contributed by atoms with E-state index in [1.54, 1.807) is 0 Å². The second kappa shape index (κ2) is 6.80. The Hall–Kier alpha value is -1.06. The van der Waals surface area contributed by atoms with Crippen LogP contribution in [-0.2, 0) is 6.42 Å². The van der Waals surface area contributed by atoms with Gasteiger partial charge in [0.2, 0.25) is 0 Å². The predicted molar refractivity (Wildman–Crippen MR) is 86.9 cm³/mol. The van der Waals surface area contributed by atoms with Crippen LogP contribution in [0.15, 0.2) is 18.2 Å². The number of hydrogen-bond donors (Lipinski definition) is 1. The highest BCUT2D eigenvalue weighted by Crippen LogP contribution is 2.36. The minimum atomic E-state index is 0.507. The minimum absolute atomic E-state index is 0.507. The van der Waals surface area contributed by atoms with Crippen molar-refractivity contribution in [1.82, 2.24) is 10.2 Å². The molecule has 0 spiro atoms. The van der Waals surface area contributed by atoms with E-state index in [1.165, 1.54) is 43.4 Å². The Kier molecular flexibility index (Phi) is 4.81. The summed E-state index contributed by atoms with van der Waals surface area (Å²) in [5.74, 6) is 1.11. The molecule has 3 nitrogen and oxygen atoms in total. The molecule has 0 bridgehead atoms. The Morgan fingerprint density at radius 2 is 2.19 bits per heavy atom. The van der Waals surface area contributed by atoms with Gasteiger partial charge in [-0.2, -0.15) is 0 Å². The average molecular weight is 288 g/mol. The summed E-state index contributed by atoms with van der Waals surface area (Å²) >= 11 is 0. The van der Waals surface area contributed by atoms with Crippen molar-refractivity contribution in [3.8, 4) is 5.75 Å². The Balaban J connectivity index is 1.58. The number of fused-ring (bicyclic) bond motifs is 1. The lowest BCUT2D eigenvalue weighted by atomic mass is 10.0. The quantitative estimate of drug-likeness (QED) is 0.901. The van der Waals surface area contributed by atoms with Gasteiger partial charge < -0.3 is 15.0 Å². The number of nitrogens with zero attached hydrogens (tertiary/aromatic N) is 1. The van der Waals surface area contributed by atoms with Gasteiger partial charge in [0.15, 0.2) is 0 Å². The molecule has 0 saturated carbocycles. The molecule has 1 N–H and O–H groups in total. The van der Waals surface area contributed by atoms with Crippen LogP contribution in [0, 0.1) is 0 Å². The summed E-state index contributed by atoms with van der Waals surface area (Å²) in [4.78, 5) is 2.50. The van der Waals surface area contributed by atoms with Crippen LogP contribution >= 0.6 is 0 Å². The maximum absolute atomic E-state index is 6.14. The van der Waals surface area contributed by atoms with Crippen LogP contribution in [0.2, 0.25) is 0 Å². The summed E-state index contributed by atoms with van der Waals surface area (Å²) < 4.78 is 6.14. The lowest BCUT2D eigenvalue weighted by molar-refractivity contribution is 0.153. The van der Waals surface area contributed by atoms with Crippen LogP contribution in [0.25, 0.3) is 0 Å². The summed E-state index contributed by atoms with van der Waals surface area (Å²) in [5, 5.41) is 3.40. The topological polar surface area (TPSA) is 24.5 Å². The highest BCUT2D eigenvalue weighted by molar-refractivity contribution is 5.45. The molecule has 1 fully saturated rings. The second-order valence-corrected chi connectivity index (χ2v) is 6.47. The molecular formula is C18H28N2O. The highest BCUT2D eigenvalue weighted by Gasteiger charge is 2.24. The zero-order valence-corrected chi connectivity index (χ0v) is 13.4. The Morgan fingerprint density at radius 3 is 3.00 bits per heavy atom. The lowest BCUT2D eigenvalue weighted by Crippen LogP contribution is -2.37. The minimum Gasteiger partial charge on any atom is -0.493 e. The largest absolute Gasteiger partial charge is 0.493 e. The molecule has 1 heterocycles. The summed E-state index contributed by atoms with van der Waals surface area (Å²) in [6.07, 6.45) is 7.53. The highest BCUT2D eigenvalue weighted by atomic mass is 16.5. The molecule has 0 aromatic heterocycles. The fourth-order valence-electron chi connectivity index (χ4n) is 3.87. The first kappa shape index (κ1) is 14.9. The van der Waals surface area contributed by atoms with Crippen LogP contribution in [0.4, 0.5) is 0 Å². The first-order chi connectivity index (χ1) is 10.3. The fraction of sp³-hybridized carbons (Fsp3) is 0.667. The van der Waals surface area contributed by atoms with Crippen molar-refractivity contribution in [2.24, 2.45) is 0 Å². The number of likely N-dealkylation sites (tertiary alicyclic amines) is 1. The van der Waals surface area contributed by atoms with Gasteiger partial charge in [0, 0.05) is 12.1 Å². The van der Waals surface area contributed by atoms with Crippen molar-refractivity contribution in [3.05, 3.63) is 29.3 Å². The van der Waals surface area contributed by atoms with E-state index in [1.807, 2.05) is 7.05 Å². The van der Waals surface area contributed by atoms with E-state index in [-0.39, 0.29) is 0 Å². The molecule has 1 saturated heterocycles. The van der Waals surface area contributed by atoms with E-state index in [0.717, 1.165) is 25.2 Å². The van der Waals surface area contributed by atoms with Gasteiger partial charge in [0.1, 0.15) is 5.75 Å². The number of ether oxygens (including phenoxy) is 1. The molecule has 0 amide bonds. The van der Waals surface area contributed by atoms with E-state index in [2.05, 4.69) is 35.5 Å². The molecule has 2 aliphatic rings. The monoisotopic (exact) mass is 288 g/mol. The maximum Gasteiger partial charge on any atom is 0.122 e. The molecule has 116 valence electrons. The number of nitrogens with one attached hydrogen (secondary N) is 1. The van der Waals surface area contributed by atoms with E-state index >= 15 is 0 Å². The van der Waals surface area contributed by atoms with Gasteiger partial charge in [-0.15, -0.1) is 0 Å². The molecule has 1 aliphatic heterocycles. The summed E-state index contributed by atoms with van der Waals surface area (Å²) in [6, 6.07) is 7.73. The summed E-state index contributed by atoms with van der Waals surface area (Å²) in [6.45, 7) is 2.09. The SMILES string of the molecule is CNC1CCc2c(OCCC3CCCCN3C)cccc21. The van der Waals surface area contributed by atoms with Gasteiger partial charge in [0.05, 0.1) is 6.61 Å². The van der Waals surface area contributed by atoms with Gasteiger partial charge >= 0.3 is 0 Å². The first-order valence-corrected chi connectivity index (χ1v) is 8.41. The van der Waals surface area contributed by atoms with Crippen LogP contribution in [0.1, 0.15) is 49.3 Å². The third-order valence-corrected chi connectivity index (χ3v) is 5.21. The average Bonchev–Trinajstić information content (AvgIpc) is 2.93. The van der Waals surface area contributed by atoms with Crippen molar-refractivity contribution < 1.29 is 4.74 Å². The van der Waals surface area contributed by atoms with Crippen LogP contribution in [-0.4, -0.2) is 38.2 Å². The standard InChI is InChI=1S/C18H28N2O/c1-19-17-10-9-16-15(17)7-5-8-18(16)21-13-11-14-6-3-4-12-20(14)2/h5,7-8,14,17,19H,3-4,6,9-13H2,1-2H3. The molecule has 2 unspecified atom stereocenters. The third-order valence-electron chi connectivity index (χ3n) is 5.21. The molecule has 0 radical (unpaired) electrons. The summed E-state index contributed by atoms with van der Waals surface area (Å²) in [5.41, 5.74) is 2.86. The fourth-order valence-corrected chi connectivity index (χ4v) is 3.87. The summed E-state index contributed by atoms with van der Waals surface area (Å²) in [7, 11) is 4.30. The molecule has 1 aliphatic carbocycles. The molecular weight excluding hydrogens is 260 g/mol. The smallest absolute Gasteiger partial charge is 0.122 e. The van der Waals surface area contributed by atoms with Crippen molar-refractivity contribution in [2.75, 3.05) is 27.2 Å². The third kappa shape index (κ3) is 3.24. The molecule has 2 atom stereocenters. The number of benzene rings is 1. The number of hydrogen-bond acceptors (Lipinski definition) is 3. The van der Waals surface area contributed by atoms with Crippen molar-refractivity contribution in [3.63, 3.8) is 0 Å². The predicted octanol–water partition coefficient (Wildman–Crippen LogP) is 3.15. The van der Waals surface area contributed by atoms with Gasteiger partial charge in [-0.05, 0) is 69.9 Å². The number of piperidine rings is 1. The normalized spacial score (nSPS) is 25.8. The maximum atomic E-state index is 6.14. The van der Waals surface area contributed by atoms with Crippen molar-refractivity contribution in [1.29, 1.82) is 0 Å². The van der Waals surface area contributed by atoms with Gasteiger partial charge in [-0.1, -0.05) is 18.6 Å². The van der Waals surface area contributed by atoms with Crippen molar-refractivity contribution in [2.45, 2.75) is 50.6 Å². The van der Waals surface area contributed by atoms with Crippen LogP contribution in [0.5, 0.6) is 5.75 Å². The van der Waals surface area contributed by atoms with Crippen LogP contribution < -0.4 is 10.1 Å². The molecule has 3 rings (SSSR count). The van der Waals surface area contributed by atoms with Gasteiger partial charge in [-0.25, -0.2) is 0 Å². The number of rotatable bonds is 5. The zero-order chi connectivity index (χ0) is 14.7. The lowest BCUT2D eigenvalue weighted by Gasteiger charge is -2.32. The Bertz CT molecular complexity index is 474. The Morgan fingerprint density at radius 1 is 1.29 bits per heavy atom. The van der Waals surface area contributed by atoms with E-state index in [4.69, 9.17) is 4.74 Å². The van der Waals surface area contributed by atoms with Gasteiger partial charge in [-0.3, -0.25) is 0 Å². The molecule has 3 heteroatoms. The molecule has 1 aromatic carbocycles. The van der Waals surface area contributed by atoms with E-state index in [9.17, 15) is 0 Å². The molecule has 1 aromatic rings. The first-order valence-electron chi connectivity index (χ1n) is 8.41. The van der Waals surface area contributed by atoms with E-state index < -0.39 is 0 Å². The Labute approximate surface area is 128 Å².